The Morgan fingerprint density at radius 1 is 1.26 bits per heavy atom. The zero-order chi connectivity index (χ0) is 16.4. The first-order chi connectivity index (χ1) is 10.9. The summed E-state index contributed by atoms with van der Waals surface area (Å²) >= 11 is 0. The quantitative estimate of drug-likeness (QED) is 0.867. The van der Waals surface area contributed by atoms with Gasteiger partial charge in [-0.05, 0) is 25.1 Å². The highest BCUT2D eigenvalue weighted by Crippen LogP contribution is 2.36. The van der Waals surface area contributed by atoms with Crippen molar-refractivity contribution in [2.24, 2.45) is 0 Å². The summed E-state index contributed by atoms with van der Waals surface area (Å²) < 4.78 is 45.2. The third kappa shape index (κ3) is 3.38. The lowest BCUT2D eigenvalue weighted by atomic mass is 10.2. The number of alkyl halides is 3. The number of aryl methyl sites for hydroxylation is 1. The van der Waals surface area contributed by atoms with Crippen LogP contribution in [-0.4, -0.2) is 29.2 Å². The molecule has 0 aromatic carbocycles. The van der Waals surface area contributed by atoms with E-state index in [4.69, 9.17) is 4.74 Å². The number of rotatable bonds is 3. The summed E-state index contributed by atoms with van der Waals surface area (Å²) in [6.45, 7) is 2.74. The number of ether oxygens (including phenoxy) is 1. The second-order valence-electron chi connectivity index (χ2n) is 5.49. The predicted molar refractivity (Wildman–Crippen MR) is 79.5 cm³/mol. The van der Waals surface area contributed by atoms with Crippen LogP contribution < -0.4 is 9.64 Å². The van der Waals surface area contributed by atoms with E-state index in [1.54, 1.807) is 23.4 Å². The van der Waals surface area contributed by atoms with Crippen LogP contribution in [0.3, 0.4) is 0 Å². The predicted octanol–water partition coefficient (Wildman–Crippen LogP) is 3.46. The second-order valence-corrected chi connectivity index (χ2v) is 5.49. The molecule has 0 bridgehead atoms. The van der Waals surface area contributed by atoms with Gasteiger partial charge in [0.1, 0.15) is 17.7 Å². The molecule has 122 valence electrons. The Kier molecular flexibility index (Phi) is 4.11. The van der Waals surface area contributed by atoms with E-state index >= 15 is 0 Å². The molecule has 3 heterocycles. The summed E-state index contributed by atoms with van der Waals surface area (Å²) in [4.78, 5) is 9.55. The van der Waals surface area contributed by atoms with E-state index in [2.05, 4.69) is 9.97 Å². The van der Waals surface area contributed by atoms with Crippen molar-refractivity contribution in [3.05, 3.63) is 47.9 Å². The van der Waals surface area contributed by atoms with E-state index in [9.17, 15) is 13.2 Å². The highest BCUT2D eigenvalue weighted by molar-refractivity contribution is 5.49. The summed E-state index contributed by atoms with van der Waals surface area (Å²) in [6, 6.07) is 4.13. The first-order valence-electron chi connectivity index (χ1n) is 7.29. The minimum atomic E-state index is -4.41. The molecule has 1 aliphatic heterocycles. The number of pyridine rings is 2. The van der Waals surface area contributed by atoms with E-state index in [-0.39, 0.29) is 11.9 Å². The summed E-state index contributed by atoms with van der Waals surface area (Å²) in [5.74, 6) is 0.682. The lowest BCUT2D eigenvalue weighted by molar-refractivity contribution is -0.137. The van der Waals surface area contributed by atoms with Gasteiger partial charge in [-0.15, -0.1) is 0 Å². The topological polar surface area (TPSA) is 38.2 Å². The molecular formula is C16H16F3N3O. The summed E-state index contributed by atoms with van der Waals surface area (Å²) in [6.07, 6.45) is 0.781. The number of nitrogens with zero attached hydrogens (tertiary/aromatic N) is 3. The van der Waals surface area contributed by atoms with Crippen LogP contribution in [-0.2, 0) is 6.18 Å². The van der Waals surface area contributed by atoms with Crippen molar-refractivity contribution in [3.63, 3.8) is 0 Å². The first-order valence-corrected chi connectivity index (χ1v) is 7.29. The molecule has 0 spiro atoms. The number of hydrogen-bond donors (Lipinski definition) is 0. The van der Waals surface area contributed by atoms with Gasteiger partial charge < -0.3 is 9.64 Å². The highest BCUT2D eigenvalue weighted by atomic mass is 19.4. The van der Waals surface area contributed by atoms with Gasteiger partial charge in [0.15, 0.2) is 0 Å². The van der Waals surface area contributed by atoms with Crippen molar-refractivity contribution >= 4 is 5.82 Å². The van der Waals surface area contributed by atoms with E-state index in [1.165, 1.54) is 12.3 Å². The van der Waals surface area contributed by atoms with Crippen molar-refractivity contribution in [2.75, 3.05) is 18.0 Å². The van der Waals surface area contributed by atoms with Gasteiger partial charge >= 0.3 is 6.18 Å². The van der Waals surface area contributed by atoms with Crippen molar-refractivity contribution in [2.45, 2.75) is 25.6 Å². The third-order valence-corrected chi connectivity index (χ3v) is 3.80. The SMILES string of the molecule is Cc1cnccc1OC1CCN(c2ncccc2C(F)(F)F)C1. The zero-order valence-electron chi connectivity index (χ0n) is 12.5. The third-order valence-electron chi connectivity index (χ3n) is 3.80. The number of hydrogen-bond acceptors (Lipinski definition) is 4. The molecule has 1 fully saturated rings. The fraction of sp³-hybridized carbons (Fsp3) is 0.375. The molecule has 0 amide bonds. The minimum Gasteiger partial charge on any atom is -0.488 e. The lowest BCUT2D eigenvalue weighted by Crippen LogP contribution is -2.27. The maximum absolute atomic E-state index is 13.1. The Bertz CT molecular complexity index is 690. The van der Waals surface area contributed by atoms with E-state index < -0.39 is 11.7 Å². The minimum absolute atomic E-state index is 0.0300. The molecule has 2 aromatic heterocycles. The van der Waals surface area contributed by atoms with Gasteiger partial charge in [0.25, 0.3) is 0 Å². The molecule has 0 N–H and O–H groups in total. The monoisotopic (exact) mass is 323 g/mol. The van der Waals surface area contributed by atoms with Crippen LogP contribution in [0.4, 0.5) is 19.0 Å². The van der Waals surface area contributed by atoms with Crippen molar-refractivity contribution < 1.29 is 17.9 Å². The van der Waals surface area contributed by atoms with E-state index in [0.717, 1.165) is 11.6 Å². The molecule has 1 aliphatic rings. The molecule has 0 saturated carbocycles. The Morgan fingerprint density at radius 2 is 2.09 bits per heavy atom. The Labute approximate surface area is 131 Å². The Hall–Kier alpha value is -2.31. The number of halogens is 3. The normalized spacial score (nSPS) is 18.3. The van der Waals surface area contributed by atoms with Crippen LogP contribution in [0.5, 0.6) is 5.75 Å². The van der Waals surface area contributed by atoms with Gasteiger partial charge in [-0.3, -0.25) is 4.98 Å². The average molecular weight is 323 g/mol. The molecule has 23 heavy (non-hydrogen) atoms. The molecule has 3 rings (SSSR count). The molecule has 1 unspecified atom stereocenters. The van der Waals surface area contributed by atoms with Gasteiger partial charge in [0.05, 0.1) is 12.1 Å². The maximum Gasteiger partial charge on any atom is 0.419 e. The summed E-state index contributed by atoms with van der Waals surface area (Å²) in [7, 11) is 0. The van der Waals surface area contributed by atoms with Crippen LogP contribution in [0.25, 0.3) is 0 Å². The molecule has 1 atom stereocenters. The Balaban J connectivity index is 1.75. The molecule has 0 radical (unpaired) electrons. The first kappa shape index (κ1) is 15.6. The smallest absolute Gasteiger partial charge is 0.419 e. The number of anilines is 1. The van der Waals surface area contributed by atoms with Crippen molar-refractivity contribution in [3.8, 4) is 5.75 Å². The molecular weight excluding hydrogens is 307 g/mol. The maximum atomic E-state index is 13.1. The largest absolute Gasteiger partial charge is 0.488 e. The van der Waals surface area contributed by atoms with Gasteiger partial charge in [-0.25, -0.2) is 4.98 Å². The van der Waals surface area contributed by atoms with Crippen LogP contribution in [0, 0.1) is 6.92 Å². The van der Waals surface area contributed by atoms with Gasteiger partial charge in [-0.2, -0.15) is 13.2 Å². The molecule has 0 aliphatic carbocycles. The van der Waals surface area contributed by atoms with Crippen LogP contribution in [0.15, 0.2) is 36.8 Å². The van der Waals surface area contributed by atoms with Crippen LogP contribution in [0.2, 0.25) is 0 Å². The fourth-order valence-electron chi connectivity index (χ4n) is 2.66. The zero-order valence-corrected chi connectivity index (χ0v) is 12.5. The molecule has 2 aromatic rings. The lowest BCUT2D eigenvalue weighted by Gasteiger charge is -2.22. The molecule has 1 saturated heterocycles. The van der Waals surface area contributed by atoms with Crippen LogP contribution >= 0.6 is 0 Å². The molecule has 7 heteroatoms. The standard InChI is InChI=1S/C16H16F3N3O/c1-11-9-20-7-4-14(11)23-12-5-8-22(10-12)15-13(16(17,18)19)3-2-6-21-15/h2-4,6-7,9,12H,5,8,10H2,1H3. The van der Waals surface area contributed by atoms with Gasteiger partial charge in [0.2, 0.25) is 0 Å². The average Bonchev–Trinajstić information content (AvgIpc) is 2.97. The van der Waals surface area contributed by atoms with Gasteiger partial charge in [-0.1, -0.05) is 0 Å². The van der Waals surface area contributed by atoms with E-state index in [0.29, 0.717) is 25.3 Å². The van der Waals surface area contributed by atoms with Crippen LogP contribution in [0.1, 0.15) is 17.5 Å². The highest BCUT2D eigenvalue weighted by Gasteiger charge is 2.37. The second kappa shape index (κ2) is 6.06. The fourth-order valence-corrected chi connectivity index (χ4v) is 2.66. The number of aromatic nitrogens is 2. The van der Waals surface area contributed by atoms with Crippen molar-refractivity contribution in [1.29, 1.82) is 0 Å². The van der Waals surface area contributed by atoms with Gasteiger partial charge in [0, 0.05) is 37.1 Å². The van der Waals surface area contributed by atoms with Crippen molar-refractivity contribution in [1.82, 2.24) is 9.97 Å². The van der Waals surface area contributed by atoms with E-state index in [1.807, 2.05) is 6.92 Å². The Morgan fingerprint density at radius 3 is 2.83 bits per heavy atom. The summed E-state index contributed by atoms with van der Waals surface area (Å²) in [5.41, 5.74) is 0.195. The molecule has 4 nitrogen and oxygen atoms in total. The summed E-state index contributed by atoms with van der Waals surface area (Å²) in [5, 5.41) is 0.